The zero-order valence-electron chi connectivity index (χ0n) is 19.8. The number of carbonyl (C=O) groups excluding carboxylic acids is 1. The van der Waals surface area contributed by atoms with E-state index in [2.05, 4.69) is 9.71 Å². The van der Waals surface area contributed by atoms with E-state index in [1.54, 1.807) is 18.2 Å². The molecule has 1 fully saturated rings. The molecule has 2 aromatic rings. The van der Waals surface area contributed by atoms with Crippen molar-refractivity contribution in [3.63, 3.8) is 0 Å². The van der Waals surface area contributed by atoms with Gasteiger partial charge in [0, 0.05) is 17.8 Å². The Morgan fingerprint density at radius 2 is 1.94 bits per heavy atom. The lowest BCUT2D eigenvalue weighted by molar-refractivity contribution is -0.149. The highest BCUT2D eigenvalue weighted by molar-refractivity contribution is 7.92. The Labute approximate surface area is 205 Å². The molecule has 9 heteroatoms. The maximum Gasteiger partial charge on any atom is 0.339 e. The van der Waals surface area contributed by atoms with Crippen LogP contribution in [0.3, 0.4) is 0 Å². The molecule has 1 aromatic heterocycles. The summed E-state index contributed by atoms with van der Waals surface area (Å²) in [5.41, 5.74) is 0.630. The van der Waals surface area contributed by atoms with Gasteiger partial charge in [-0.3, -0.25) is 4.72 Å². The molecule has 0 saturated heterocycles. The van der Waals surface area contributed by atoms with Crippen molar-refractivity contribution in [2.75, 3.05) is 4.72 Å². The number of esters is 1. The lowest BCUT2D eigenvalue weighted by Gasteiger charge is -2.27. The molecule has 0 amide bonds. The summed E-state index contributed by atoms with van der Waals surface area (Å²) in [4.78, 5) is 16.9. The molecule has 0 spiro atoms. The number of aromatic nitrogens is 1. The van der Waals surface area contributed by atoms with E-state index in [1.807, 2.05) is 26.0 Å². The minimum atomic E-state index is -3.98. The van der Waals surface area contributed by atoms with Crippen LogP contribution < -0.4 is 4.72 Å². The highest BCUT2D eigenvalue weighted by atomic mass is 32.2. The van der Waals surface area contributed by atoms with E-state index in [9.17, 15) is 18.3 Å². The molecule has 0 bridgehead atoms. The SMILES string of the molecule is CCCC1(CCC)OC(=O)C(C(c2cccc(NS(=O)(=O)c3ccc(C#N)cn3)c2)C2CC2)=C1O. The van der Waals surface area contributed by atoms with E-state index in [1.165, 1.54) is 18.3 Å². The average Bonchev–Trinajstić information content (AvgIpc) is 3.63. The van der Waals surface area contributed by atoms with Crippen LogP contribution in [0.2, 0.25) is 0 Å². The molecule has 1 aliphatic carbocycles. The molecule has 1 aliphatic heterocycles. The monoisotopic (exact) mass is 495 g/mol. The van der Waals surface area contributed by atoms with E-state index in [0.717, 1.165) is 31.2 Å². The van der Waals surface area contributed by atoms with Gasteiger partial charge in [-0.2, -0.15) is 13.7 Å². The quantitative estimate of drug-likeness (QED) is 0.446. The summed E-state index contributed by atoms with van der Waals surface area (Å²) in [6, 6.07) is 11.4. The van der Waals surface area contributed by atoms with E-state index in [0.29, 0.717) is 24.1 Å². The molecular weight excluding hydrogens is 466 g/mol. The molecule has 1 atom stereocenters. The first-order valence-electron chi connectivity index (χ1n) is 11.9. The zero-order valence-corrected chi connectivity index (χ0v) is 20.6. The number of hydrogen-bond donors (Lipinski definition) is 2. The molecule has 1 saturated carbocycles. The highest BCUT2D eigenvalue weighted by Gasteiger charge is 2.51. The molecule has 4 rings (SSSR count). The summed E-state index contributed by atoms with van der Waals surface area (Å²) in [6.45, 7) is 3.99. The normalized spacial score (nSPS) is 18.1. The average molecular weight is 496 g/mol. The van der Waals surface area contributed by atoms with Crippen molar-refractivity contribution in [3.8, 4) is 6.07 Å². The lowest BCUT2D eigenvalue weighted by Crippen LogP contribution is -2.31. The van der Waals surface area contributed by atoms with Crippen molar-refractivity contribution in [2.45, 2.75) is 68.9 Å². The molecule has 1 aromatic carbocycles. The van der Waals surface area contributed by atoms with Gasteiger partial charge in [-0.05, 0) is 61.4 Å². The smallest absolute Gasteiger partial charge is 0.339 e. The van der Waals surface area contributed by atoms with Gasteiger partial charge in [0.05, 0.1) is 11.1 Å². The topological polar surface area (TPSA) is 129 Å². The molecule has 35 heavy (non-hydrogen) atoms. The van der Waals surface area contributed by atoms with Crippen LogP contribution in [-0.2, 0) is 19.6 Å². The van der Waals surface area contributed by atoms with Crippen LogP contribution in [0.4, 0.5) is 5.69 Å². The molecule has 2 heterocycles. The first-order valence-corrected chi connectivity index (χ1v) is 13.4. The van der Waals surface area contributed by atoms with Gasteiger partial charge < -0.3 is 9.84 Å². The summed E-state index contributed by atoms with van der Waals surface area (Å²) < 4.78 is 34.0. The number of sulfonamides is 1. The number of anilines is 1. The van der Waals surface area contributed by atoms with Gasteiger partial charge in [-0.25, -0.2) is 9.78 Å². The fourth-order valence-electron chi connectivity index (χ4n) is 4.88. The van der Waals surface area contributed by atoms with Gasteiger partial charge in [0.1, 0.15) is 11.8 Å². The van der Waals surface area contributed by atoms with Gasteiger partial charge in [-0.15, -0.1) is 0 Å². The lowest BCUT2D eigenvalue weighted by atomic mass is 9.82. The van der Waals surface area contributed by atoms with E-state index < -0.39 is 21.6 Å². The number of nitrogens with zero attached hydrogens (tertiary/aromatic N) is 2. The third-order valence-corrected chi connectivity index (χ3v) is 7.84. The number of benzene rings is 1. The van der Waals surface area contributed by atoms with Crippen LogP contribution in [-0.4, -0.2) is 30.1 Å². The Bertz CT molecular complexity index is 1290. The number of pyridine rings is 1. The number of nitriles is 1. The molecule has 2 N–H and O–H groups in total. The van der Waals surface area contributed by atoms with Crippen molar-refractivity contribution in [1.29, 1.82) is 5.26 Å². The van der Waals surface area contributed by atoms with Crippen molar-refractivity contribution >= 4 is 21.7 Å². The van der Waals surface area contributed by atoms with Crippen molar-refractivity contribution < 1.29 is 23.1 Å². The van der Waals surface area contributed by atoms with Gasteiger partial charge >= 0.3 is 5.97 Å². The van der Waals surface area contributed by atoms with Crippen molar-refractivity contribution in [3.05, 3.63) is 65.1 Å². The fraction of sp³-hybridized carbons (Fsp3) is 0.423. The first kappa shape index (κ1) is 24.7. The van der Waals surface area contributed by atoms with Crippen LogP contribution in [0.5, 0.6) is 0 Å². The zero-order chi connectivity index (χ0) is 25.2. The summed E-state index contributed by atoms with van der Waals surface area (Å²) in [5.74, 6) is -0.675. The minimum Gasteiger partial charge on any atom is -0.507 e. The number of aliphatic hydroxyl groups excluding tert-OH is 1. The Balaban J connectivity index is 1.68. The number of nitrogens with one attached hydrogen (secondary N) is 1. The predicted octanol–water partition coefficient (Wildman–Crippen LogP) is 4.96. The van der Waals surface area contributed by atoms with Crippen molar-refractivity contribution in [2.24, 2.45) is 5.92 Å². The molecule has 8 nitrogen and oxygen atoms in total. The van der Waals surface area contributed by atoms with Crippen LogP contribution in [0.1, 0.15) is 69.4 Å². The number of aliphatic hydroxyl groups is 1. The second-order valence-electron chi connectivity index (χ2n) is 9.19. The number of hydrogen-bond acceptors (Lipinski definition) is 7. The Morgan fingerprint density at radius 1 is 1.23 bits per heavy atom. The molecular formula is C26H29N3O5S. The molecule has 2 aliphatic rings. The van der Waals surface area contributed by atoms with E-state index in [-0.39, 0.29) is 28.2 Å². The first-order chi connectivity index (χ1) is 16.7. The fourth-order valence-corrected chi connectivity index (χ4v) is 5.86. The Hall–Kier alpha value is -3.38. The van der Waals surface area contributed by atoms with Gasteiger partial charge in [0.15, 0.2) is 10.6 Å². The molecule has 0 radical (unpaired) electrons. The Kier molecular flexibility index (Phi) is 6.86. The summed E-state index contributed by atoms with van der Waals surface area (Å²) in [7, 11) is -3.98. The summed E-state index contributed by atoms with van der Waals surface area (Å²) in [6.07, 6.45) is 5.66. The largest absolute Gasteiger partial charge is 0.507 e. The predicted molar refractivity (Wildman–Crippen MR) is 130 cm³/mol. The number of cyclic esters (lactones) is 1. The third kappa shape index (κ3) is 4.89. The minimum absolute atomic E-state index is 0.0240. The van der Waals surface area contributed by atoms with Crippen LogP contribution in [0, 0.1) is 17.2 Å². The molecule has 184 valence electrons. The van der Waals surface area contributed by atoms with Crippen LogP contribution >= 0.6 is 0 Å². The van der Waals surface area contributed by atoms with Crippen LogP contribution in [0.25, 0.3) is 0 Å². The maximum absolute atomic E-state index is 13.1. The van der Waals surface area contributed by atoms with E-state index in [4.69, 9.17) is 10.00 Å². The van der Waals surface area contributed by atoms with Gasteiger partial charge in [0.2, 0.25) is 0 Å². The maximum atomic E-state index is 13.1. The highest BCUT2D eigenvalue weighted by Crippen LogP contribution is 2.52. The number of rotatable bonds is 10. The second kappa shape index (κ2) is 9.70. The summed E-state index contributed by atoms with van der Waals surface area (Å²) >= 11 is 0. The summed E-state index contributed by atoms with van der Waals surface area (Å²) in [5, 5.41) is 20.0. The third-order valence-electron chi connectivity index (χ3n) is 6.55. The van der Waals surface area contributed by atoms with Gasteiger partial charge in [0.25, 0.3) is 10.0 Å². The number of carbonyl (C=O) groups is 1. The number of ether oxygens (including phenoxy) is 1. The Morgan fingerprint density at radius 3 is 2.51 bits per heavy atom. The van der Waals surface area contributed by atoms with Gasteiger partial charge in [-0.1, -0.05) is 38.8 Å². The standard InChI is InChI=1S/C26H29N3O5S/c1-3-12-26(13-4-2)24(30)23(25(31)34-26)22(18-9-10-18)19-6-5-7-20(14-19)29-35(32,33)21-11-8-17(15-27)16-28-21/h5-8,11,14,16,18,22,29-30H,3-4,9-10,12-13H2,1-2H3. The molecule has 1 unspecified atom stereocenters. The second-order valence-corrected chi connectivity index (χ2v) is 10.8. The van der Waals surface area contributed by atoms with E-state index >= 15 is 0 Å². The van der Waals surface area contributed by atoms with Crippen molar-refractivity contribution in [1.82, 2.24) is 4.98 Å². The van der Waals surface area contributed by atoms with Crippen LogP contribution in [0.15, 0.2) is 59.0 Å².